The summed E-state index contributed by atoms with van der Waals surface area (Å²) in [5, 5.41) is 11.8. The first-order chi connectivity index (χ1) is 14.0. The van der Waals surface area contributed by atoms with Gasteiger partial charge in [-0.15, -0.1) is 0 Å². The van der Waals surface area contributed by atoms with Gasteiger partial charge in [0.25, 0.3) is 5.91 Å². The van der Waals surface area contributed by atoms with Gasteiger partial charge in [-0.05, 0) is 42.3 Å². The summed E-state index contributed by atoms with van der Waals surface area (Å²) in [7, 11) is 1.70. The lowest BCUT2D eigenvalue weighted by Gasteiger charge is -2.10. The number of amides is 1. The third-order valence-electron chi connectivity index (χ3n) is 4.81. The van der Waals surface area contributed by atoms with Gasteiger partial charge in [0.05, 0.1) is 17.8 Å². The largest absolute Gasteiger partial charge is 0.321 e. The highest BCUT2D eigenvalue weighted by atomic mass is 16.2. The fourth-order valence-electron chi connectivity index (χ4n) is 3.31. The topological polar surface area (TPSA) is 100 Å². The first-order valence-electron chi connectivity index (χ1n) is 8.99. The minimum absolute atomic E-state index is 0.0844. The van der Waals surface area contributed by atoms with E-state index >= 15 is 0 Å². The predicted octanol–water partition coefficient (Wildman–Crippen LogP) is 2.56. The molecule has 142 valence electrons. The van der Waals surface area contributed by atoms with Gasteiger partial charge >= 0.3 is 0 Å². The fourth-order valence-corrected chi connectivity index (χ4v) is 3.31. The van der Waals surface area contributed by atoms with Crippen LogP contribution in [0, 0.1) is 18.3 Å². The zero-order valence-corrected chi connectivity index (χ0v) is 15.9. The van der Waals surface area contributed by atoms with Crippen molar-refractivity contribution in [2.24, 2.45) is 12.0 Å². The number of nitriles is 1. The third kappa shape index (κ3) is 3.44. The number of aromatic nitrogens is 2. The van der Waals surface area contributed by atoms with Gasteiger partial charge in [-0.2, -0.15) is 5.26 Å². The quantitative estimate of drug-likeness (QED) is 0.751. The molecule has 7 nitrogen and oxygen atoms in total. The smallest absolute Gasteiger partial charge is 0.274 e. The monoisotopic (exact) mass is 383 g/mol. The molecule has 1 aromatic carbocycles. The minimum Gasteiger partial charge on any atom is -0.321 e. The van der Waals surface area contributed by atoms with Gasteiger partial charge in [-0.25, -0.2) is 4.98 Å². The number of benzene rings is 1. The first-order valence-corrected chi connectivity index (χ1v) is 8.99. The van der Waals surface area contributed by atoms with E-state index < -0.39 is 0 Å². The van der Waals surface area contributed by atoms with Crippen LogP contribution in [0.1, 0.15) is 38.3 Å². The Morgan fingerprint density at radius 2 is 2.07 bits per heavy atom. The molecule has 0 radical (unpaired) electrons. The highest BCUT2D eigenvalue weighted by Gasteiger charge is 2.19. The average molecular weight is 383 g/mol. The second kappa shape index (κ2) is 7.17. The molecule has 1 aliphatic rings. The van der Waals surface area contributed by atoms with E-state index in [0.717, 1.165) is 22.4 Å². The molecule has 0 bridgehead atoms. The van der Waals surface area contributed by atoms with Crippen LogP contribution in [-0.2, 0) is 13.6 Å². The van der Waals surface area contributed by atoms with E-state index in [0.29, 0.717) is 23.4 Å². The zero-order valence-electron chi connectivity index (χ0n) is 15.9. The summed E-state index contributed by atoms with van der Waals surface area (Å²) in [6.45, 7) is 2.30. The van der Waals surface area contributed by atoms with E-state index in [1.807, 2.05) is 24.3 Å². The van der Waals surface area contributed by atoms with Crippen LogP contribution in [0.4, 0.5) is 5.69 Å². The van der Waals surface area contributed by atoms with Gasteiger partial charge in [0, 0.05) is 42.3 Å². The maximum Gasteiger partial charge on any atom is 0.274 e. The van der Waals surface area contributed by atoms with Crippen LogP contribution in [-0.4, -0.2) is 21.2 Å². The molecule has 3 aromatic rings. The molecule has 0 atom stereocenters. The van der Waals surface area contributed by atoms with Crippen molar-refractivity contribution in [1.82, 2.24) is 9.55 Å². The summed E-state index contributed by atoms with van der Waals surface area (Å²) in [5.41, 5.74) is 5.47. The van der Waals surface area contributed by atoms with Gasteiger partial charge in [0.15, 0.2) is 0 Å². The molecule has 1 amide bonds. The van der Waals surface area contributed by atoms with Crippen molar-refractivity contribution in [2.45, 2.75) is 13.5 Å². The highest BCUT2D eigenvalue weighted by molar-refractivity contribution is 6.15. The lowest BCUT2D eigenvalue weighted by molar-refractivity contribution is 0.102. The van der Waals surface area contributed by atoms with E-state index in [1.54, 1.807) is 32.3 Å². The van der Waals surface area contributed by atoms with E-state index in [2.05, 4.69) is 15.3 Å². The maximum absolute atomic E-state index is 12.6. The molecule has 0 aliphatic carbocycles. The zero-order chi connectivity index (χ0) is 20.5. The van der Waals surface area contributed by atoms with Gasteiger partial charge in [-0.3, -0.25) is 14.6 Å². The number of anilines is 1. The highest BCUT2D eigenvalue weighted by Crippen LogP contribution is 2.26. The Morgan fingerprint density at radius 3 is 2.79 bits per heavy atom. The van der Waals surface area contributed by atoms with Crippen LogP contribution in [0.15, 0.2) is 58.6 Å². The number of aliphatic imine (C=N–C) groups is 1. The van der Waals surface area contributed by atoms with Gasteiger partial charge < -0.3 is 9.88 Å². The third-order valence-corrected chi connectivity index (χ3v) is 4.81. The van der Waals surface area contributed by atoms with Gasteiger partial charge in [0.2, 0.25) is 5.56 Å². The van der Waals surface area contributed by atoms with Gasteiger partial charge in [-0.1, -0.05) is 6.07 Å². The number of carbonyl (C=O) groups is 1. The van der Waals surface area contributed by atoms with Crippen LogP contribution in [0.25, 0.3) is 0 Å². The summed E-state index contributed by atoms with van der Waals surface area (Å²) in [6.07, 6.45) is 3.14. The predicted molar refractivity (Wildman–Crippen MR) is 109 cm³/mol. The Morgan fingerprint density at radius 1 is 1.24 bits per heavy atom. The number of carbonyl (C=O) groups excluding carboxylic acids is 1. The van der Waals surface area contributed by atoms with Crippen molar-refractivity contribution in [3.8, 4) is 6.07 Å². The number of hydrogen-bond donors (Lipinski definition) is 1. The summed E-state index contributed by atoms with van der Waals surface area (Å²) in [5.74, 6) is -0.342. The minimum atomic E-state index is -0.342. The van der Waals surface area contributed by atoms with Gasteiger partial charge in [0.1, 0.15) is 11.8 Å². The molecule has 7 heteroatoms. The van der Waals surface area contributed by atoms with Crippen LogP contribution >= 0.6 is 0 Å². The summed E-state index contributed by atoms with van der Waals surface area (Å²) < 4.78 is 1.51. The maximum atomic E-state index is 12.6. The molecule has 0 saturated heterocycles. The molecular weight excluding hydrogens is 366 g/mol. The van der Waals surface area contributed by atoms with Crippen LogP contribution in [0.3, 0.4) is 0 Å². The Hall–Kier alpha value is -4.05. The molecular formula is C22H17N5O2. The number of nitrogens with one attached hydrogen (secondary N) is 1. The molecule has 0 saturated carbocycles. The van der Waals surface area contributed by atoms with E-state index in [4.69, 9.17) is 5.26 Å². The second-order valence-corrected chi connectivity index (χ2v) is 6.86. The second-order valence-electron chi connectivity index (χ2n) is 6.86. The van der Waals surface area contributed by atoms with E-state index in [1.165, 1.54) is 16.8 Å². The van der Waals surface area contributed by atoms with Crippen LogP contribution in [0.2, 0.25) is 0 Å². The van der Waals surface area contributed by atoms with Crippen molar-refractivity contribution in [3.63, 3.8) is 0 Å². The molecule has 3 heterocycles. The van der Waals surface area contributed by atoms with Crippen molar-refractivity contribution in [3.05, 3.63) is 92.7 Å². The normalized spacial score (nSPS) is 12.1. The number of rotatable bonds is 3. The molecule has 1 N–H and O–H groups in total. The molecule has 1 aliphatic heterocycles. The van der Waals surface area contributed by atoms with Crippen molar-refractivity contribution < 1.29 is 4.79 Å². The number of fused-ring (bicyclic) bond motifs is 1. The molecule has 0 unspecified atom stereocenters. The standard InChI is InChI=1S/C22H17N5O2/c1-13-7-14(9-23)10-24-20(13)22(29)26-17-5-3-15-11-25-21(18(15)8-17)16-4-6-19(28)27(2)12-16/h3-8,10,12H,11H2,1-2H3,(H,26,29). The summed E-state index contributed by atoms with van der Waals surface area (Å²) in [6, 6.07) is 12.6. The Balaban J connectivity index is 1.63. The number of hydrogen-bond acceptors (Lipinski definition) is 5. The van der Waals surface area contributed by atoms with E-state index in [9.17, 15) is 9.59 Å². The Kier molecular flexibility index (Phi) is 4.53. The van der Waals surface area contributed by atoms with Crippen molar-refractivity contribution in [2.75, 3.05) is 5.32 Å². The number of nitrogens with zero attached hydrogens (tertiary/aromatic N) is 4. The molecule has 29 heavy (non-hydrogen) atoms. The lowest BCUT2D eigenvalue weighted by atomic mass is 10.0. The van der Waals surface area contributed by atoms with Crippen molar-refractivity contribution >= 4 is 17.3 Å². The fraction of sp³-hybridized carbons (Fsp3) is 0.136. The van der Waals surface area contributed by atoms with Crippen molar-refractivity contribution in [1.29, 1.82) is 5.26 Å². The van der Waals surface area contributed by atoms with E-state index in [-0.39, 0.29) is 17.2 Å². The molecule has 2 aromatic heterocycles. The van der Waals surface area contributed by atoms with Crippen LogP contribution < -0.4 is 10.9 Å². The lowest BCUT2D eigenvalue weighted by Crippen LogP contribution is -2.17. The Labute approximate surface area is 167 Å². The SMILES string of the molecule is Cc1cc(C#N)cnc1C(=O)Nc1ccc2c(c1)C(c1ccc(=O)n(C)c1)=NC2. The number of aryl methyl sites for hydroxylation is 2. The molecule has 0 spiro atoms. The molecule has 0 fully saturated rings. The molecule has 4 rings (SSSR count). The Bertz CT molecular complexity index is 1280. The van der Waals surface area contributed by atoms with Crippen LogP contribution in [0.5, 0.6) is 0 Å². The summed E-state index contributed by atoms with van der Waals surface area (Å²) in [4.78, 5) is 33.0. The number of pyridine rings is 2. The average Bonchev–Trinajstić information content (AvgIpc) is 3.13. The first kappa shape index (κ1) is 18.3. The summed E-state index contributed by atoms with van der Waals surface area (Å²) >= 11 is 0.